The average Bonchev–Trinajstić information content (AvgIpc) is 2.26. The summed E-state index contributed by atoms with van der Waals surface area (Å²) in [6.45, 7) is 1.90. The first kappa shape index (κ1) is 13.0. The third kappa shape index (κ3) is 4.18. The van der Waals surface area contributed by atoms with E-state index in [2.05, 4.69) is 33.4 Å². The summed E-state index contributed by atoms with van der Waals surface area (Å²) in [5.41, 5.74) is 5.26. The number of hydrogen-bond donors (Lipinski definition) is 2. The molecule has 0 aliphatic heterocycles. The Labute approximate surface area is 108 Å². The fourth-order valence-electron chi connectivity index (χ4n) is 1.12. The monoisotopic (exact) mass is 332 g/mol. The maximum atomic E-state index is 11.6. The molecule has 0 saturated heterocycles. The van der Waals surface area contributed by atoms with Gasteiger partial charge in [-0.15, -0.1) is 0 Å². The first-order chi connectivity index (χ1) is 7.63. The van der Waals surface area contributed by atoms with E-state index in [9.17, 15) is 9.59 Å². The second-order valence-electron chi connectivity index (χ2n) is 3.26. The van der Waals surface area contributed by atoms with Gasteiger partial charge in [0.2, 0.25) is 5.91 Å². The Morgan fingerprint density at radius 2 is 2.06 bits per heavy atom. The molecule has 0 aromatic heterocycles. The molecular weight excluding hydrogens is 319 g/mol. The Bertz CT molecular complexity index is 393. The largest absolute Gasteiger partial charge is 0.273 e. The molecule has 2 amide bonds. The maximum absolute atomic E-state index is 11.6. The SMILES string of the molecule is CCCC(=O)NNC(=O)c1cccc(I)c1. The van der Waals surface area contributed by atoms with Gasteiger partial charge in [0.05, 0.1) is 0 Å². The lowest BCUT2D eigenvalue weighted by molar-refractivity contribution is -0.121. The van der Waals surface area contributed by atoms with E-state index in [0.29, 0.717) is 12.0 Å². The van der Waals surface area contributed by atoms with E-state index in [1.165, 1.54) is 0 Å². The molecule has 2 N–H and O–H groups in total. The summed E-state index contributed by atoms with van der Waals surface area (Å²) in [6, 6.07) is 7.14. The number of nitrogens with one attached hydrogen (secondary N) is 2. The highest BCUT2D eigenvalue weighted by Crippen LogP contribution is 2.07. The number of hydrogen-bond acceptors (Lipinski definition) is 2. The molecule has 86 valence electrons. The van der Waals surface area contributed by atoms with E-state index in [0.717, 1.165) is 9.99 Å². The van der Waals surface area contributed by atoms with Crippen LogP contribution in [-0.4, -0.2) is 11.8 Å². The van der Waals surface area contributed by atoms with E-state index in [1.807, 2.05) is 13.0 Å². The normalized spacial score (nSPS) is 9.62. The van der Waals surface area contributed by atoms with Crippen LogP contribution >= 0.6 is 22.6 Å². The van der Waals surface area contributed by atoms with E-state index in [-0.39, 0.29) is 11.8 Å². The average molecular weight is 332 g/mol. The molecular formula is C11H13IN2O2. The van der Waals surface area contributed by atoms with Gasteiger partial charge in [-0.2, -0.15) is 0 Å². The van der Waals surface area contributed by atoms with E-state index >= 15 is 0 Å². The van der Waals surface area contributed by atoms with Crippen LogP contribution in [0.3, 0.4) is 0 Å². The standard InChI is InChI=1S/C11H13IN2O2/c1-2-4-10(15)13-14-11(16)8-5-3-6-9(12)7-8/h3,5-7H,2,4H2,1H3,(H,13,15)(H,14,16). The van der Waals surface area contributed by atoms with Gasteiger partial charge in [-0.1, -0.05) is 13.0 Å². The molecule has 1 aromatic rings. The van der Waals surface area contributed by atoms with E-state index in [1.54, 1.807) is 18.2 Å². The molecule has 0 bridgehead atoms. The van der Waals surface area contributed by atoms with Crippen molar-refractivity contribution in [1.82, 2.24) is 10.9 Å². The summed E-state index contributed by atoms with van der Waals surface area (Å²) in [5.74, 6) is -0.482. The van der Waals surface area contributed by atoms with Gasteiger partial charge in [0.25, 0.3) is 5.91 Å². The van der Waals surface area contributed by atoms with Crippen LogP contribution in [0.2, 0.25) is 0 Å². The minimum absolute atomic E-state index is 0.179. The molecule has 0 radical (unpaired) electrons. The van der Waals surface area contributed by atoms with Gasteiger partial charge in [0.15, 0.2) is 0 Å². The summed E-state index contributed by atoms with van der Waals surface area (Å²) in [5, 5.41) is 0. The molecule has 16 heavy (non-hydrogen) atoms. The van der Waals surface area contributed by atoms with Crippen molar-refractivity contribution in [3.63, 3.8) is 0 Å². The van der Waals surface area contributed by atoms with Crippen LogP contribution < -0.4 is 10.9 Å². The number of rotatable bonds is 3. The highest BCUT2D eigenvalue weighted by Gasteiger charge is 2.06. The second-order valence-corrected chi connectivity index (χ2v) is 4.51. The van der Waals surface area contributed by atoms with Crippen LogP contribution in [0, 0.1) is 3.57 Å². The van der Waals surface area contributed by atoms with Crippen molar-refractivity contribution in [2.24, 2.45) is 0 Å². The van der Waals surface area contributed by atoms with Gasteiger partial charge in [-0.25, -0.2) is 0 Å². The molecule has 5 heteroatoms. The van der Waals surface area contributed by atoms with Crippen molar-refractivity contribution in [2.45, 2.75) is 19.8 Å². The van der Waals surface area contributed by atoms with Gasteiger partial charge in [-0.05, 0) is 47.2 Å². The van der Waals surface area contributed by atoms with Crippen molar-refractivity contribution in [2.75, 3.05) is 0 Å². The number of hydrazine groups is 1. The summed E-state index contributed by atoms with van der Waals surface area (Å²) < 4.78 is 0.977. The fourth-order valence-corrected chi connectivity index (χ4v) is 1.66. The Hall–Kier alpha value is -1.11. The molecule has 0 aliphatic rings. The fraction of sp³-hybridized carbons (Fsp3) is 0.273. The lowest BCUT2D eigenvalue weighted by atomic mass is 10.2. The molecule has 0 unspecified atom stereocenters. The third-order valence-corrected chi connectivity index (χ3v) is 2.55. The van der Waals surface area contributed by atoms with E-state index < -0.39 is 0 Å². The predicted molar refractivity (Wildman–Crippen MR) is 69.7 cm³/mol. The molecule has 1 aromatic carbocycles. The van der Waals surface area contributed by atoms with Crippen LogP contribution in [0.1, 0.15) is 30.1 Å². The Kier molecular flexibility index (Phi) is 5.24. The van der Waals surface area contributed by atoms with Crippen LogP contribution in [0.4, 0.5) is 0 Å². The van der Waals surface area contributed by atoms with Crippen molar-refractivity contribution in [1.29, 1.82) is 0 Å². The Balaban J connectivity index is 2.50. The van der Waals surface area contributed by atoms with Gasteiger partial charge >= 0.3 is 0 Å². The summed E-state index contributed by atoms with van der Waals surface area (Å²) in [6.07, 6.45) is 1.16. The van der Waals surface area contributed by atoms with Crippen molar-refractivity contribution in [3.05, 3.63) is 33.4 Å². The third-order valence-electron chi connectivity index (χ3n) is 1.88. The second kappa shape index (κ2) is 6.47. The van der Waals surface area contributed by atoms with E-state index in [4.69, 9.17) is 0 Å². The van der Waals surface area contributed by atoms with Crippen molar-refractivity contribution >= 4 is 34.4 Å². The maximum Gasteiger partial charge on any atom is 0.269 e. The summed E-state index contributed by atoms with van der Waals surface area (Å²) >= 11 is 2.13. The number of amides is 2. The minimum Gasteiger partial charge on any atom is -0.273 e. The molecule has 0 aliphatic carbocycles. The summed E-state index contributed by atoms with van der Waals surface area (Å²) in [4.78, 5) is 22.7. The number of carbonyl (C=O) groups is 2. The van der Waals surface area contributed by atoms with Gasteiger partial charge in [-0.3, -0.25) is 20.4 Å². The lowest BCUT2D eigenvalue weighted by Gasteiger charge is -2.06. The smallest absolute Gasteiger partial charge is 0.269 e. The van der Waals surface area contributed by atoms with Crippen LogP contribution in [0.15, 0.2) is 24.3 Å². The Morgan fingerprint density at radius 1 is 1.31 bits per heavy atom. The summed E-state index contributed by atoms with van der Waals surface area (Å²) in [7, 11) is 0. The van der Waals surface area contributed by atoms with Gasteiger partial charge < -0.3 is 0 Å². The highest BCUT2D eigenvalue weighted by molar-refractivity contribution is 14.1. The molecule has 0 saturated carbocycles. The zero-order valence-electron chi connectivity index (χ0n) is 8.92. The molecule has 4 nitrogen and oxygen atoms in total. The zero-order chi connectivity index (χ0) is 12.0. The number of halogens is 1. The van der Waals surface area contributed by atoms with Crippen molar-refractivity contribution < 1.29 is 9.59 Å². The minimum atomic E-state index is -0.303. The zero-order valence-corrected chi connectivity index (χ0v) is 11.1. The molecule has 0 heterocycles. The van der Waals surface area contributed by atoms with Gasteiger partial charge in [0.1, 0.15) is 0 Å². The van der Waals surface area contributed by atoms with Crippen LogP contribution in [-0.2, 0) is 4.79 Å². The first-order valence-electron chi connectivity index (χ1n) is 4.98. The number of carbonyl (C=O) groups excluding carboxylic acids is 2. The van der Waals surface area contributed by atoms with Crippen molar-refractivity contribution in [3.8, 4) is 0 Å². The quantitative estimate of drug-likeness (QED) is 0.656. The lowest BCUT2D eigenvalue weighted by Crippen LogP contribution is -2.41. The van der Waals surface area contributed by atoms with Crippen LogP contribution in [0.25, 0.3) is 0 Å². The molecule has 0 spiro atoms. The molecule has 1 rings (SSSR count). The number of benzene rings is 1. The highest BCUT2D eigenvalue weighted by atomic mass is 127. The predicted octanol–water partition coefficient (Wildman–Crippen LogP) is 1.85. The Morgan fingerprint density at radius 3 is 2.69 bits per heavy atom. The molecule has 0 fully saturated rings. The topological polar surface area (TPSA) is 58.2 Å². The van der Waals surface area contributed by atoms with Gasteiger partial charge in [0, 0.05) is 15.6 Å². The van der Waals surface area contributed by atoms with Crippen LogP contribution in [0.5, 0.6) is 0 Å². The molecule has 0 atom stereocenters. The first-order valence-corrected chi connectivity index (χ1v) is 6.06.